The third-order valence-corrected chi connectivity index (χ3v) is 3.51. The zero-order valence-corrected chi connectivity index (χ0v) is 11.3. The van der Waals surface area contributed by atoms with Gasteiger partial charge in [-0.3, -0.25) is 4.98 Å². The zero-order chi connectivity index (χ0) is 13.6. The Labute approximate surface area is 118 Å². The van der Waals surface area contributed by atoms with E-state index in [1.54, 1.807) is 6.20 Å². The molecule has 0 aliphatic rings. The lowest BCUT2D eigenvalue weighted by atomic mass is 9.75. The molecule has 1 unspecified atom stereocenters. The number of hydrogen-bond acceptors (Lipinski definition) is 2. The minimum absolute atomic E-state index is 0.545. The van der Waals surface area contributed by atoms with Crippen LogP contribution >= 0.6 is 11.6 Å². The van der Waals surface area contributed by atoms with Crippen LogP contribution in [-0.2, 0) is 5.41 Å². The maximum Gasteiger partial charge on any atom is 0.124 e. The van der Waals surface area contributed by atoms with Crippen LogP contribution in [0.3, 0.4) is 0 Å². The number of aromatic nitrogens is 1. The van der Waals surface area contributed by atoms with Crippen molar-refractivity contribution in [3.63, 3.8) is 0 Å². The van der Waals surface area contributed by atoms with E-state index in [4.69, 9.17) is 11.6 Å². The Bertz CT molecular complexity index is 506. The molecule has 96 valence electrons. The maximum atomic E-state index is 9.78. The summed E-state index contributed by atoms with van der Waals surface area (Å²) in [6.45, 7) is 0. The fraction of sp³-hybridized carbons (Fsp3) is 0.250. The first-order chi connectivity index (χ1) is 9.33. The van der Waals surface area contributed by atoms with E-state index in [2.05, 4.69) is 11.1 Å². The Morgan fingerprint density at radius 1 is 1.11 bits per heavy atom. The van der Waals surface area contributed by atoms with Crippen molar-refractivity contribution in [2.75, 3.05) is 5.88 Å². The highest BCUT2D eigenvalue weighted by Gasteiger charge is 2.35. The molecule has 0 amide bonds. The lowest BCUT2D eigenvalue weighted by Gasteiger charge is -2.26. The molecular formula is C16H15ClN2. The summed E-state index contributed by atoms with van der Waals surface area (Å²) in [6.07, 6.45) is 3.18. The molecule has 2 rings (SSSR count). The van der Waals surface area contributed by atoms with Gasteiger partial charge < -0.3 is 0 Å². The highest BCUT2D eigenvalue weighted by Crippen LogP contribution is 2.35. The second-order valence-corrected chi connectivity index (χ2v) is 4.77. The van der Waals surface area contributed by atoms with E-state index in [0.29, 0.717) is 12.3 Å². The second-order valence-electron chi connectivity index (χ2n) is 4.39. The first-order valence-electron chi connectivity index (χ1n) is 6.28. The van der Waals surface area contributed by atoms with Gasteiger partial charge in [0.15, 0.2) is 0 Å². The molecule has 3 heteroatoms. The van der Waals surface area contributed by atoms with E-state index in [0.717, 1.165) is 17.7 Å². The van der Waals surface area contributed by atoms with Crippen LogP contribution < -0.4 is 0 Å². The topological polar surface area (TPSA) is 36.7 Å². The molecular weight excluding hydrogens is 256 g/mol. The summed E-state index contributed by atoms with van der Waals surface area (Å²) in [5.41, 5.74) is 1.05. The fourth-order valence-corrected chi connectivity index (χ4v) is 2.40. The van der Waals surface area contributed by atoms with Crippen LogP contribution in [0.25, 0.3) is 0 Å². The van der Waals surface area contributed by atoms with E-state index in [1.807, 2.05) is 48.5 Å². The van der Waals surface area contributed by atoms with Gasteiger partial charge in [-0.1, -0.05) is 36.4 Å². The van der Waals surface area contributed by atoms with Crippen molar-refractivity contribution in [3.05, 3.63) is 66.0 Å². The van der Waals surface area contributed by atoms with E-state index >= 15 is 0 Å². The number of hydrogen-bond donors (Lipinski definition) is 0. The predicted octanol–water partition coefficient (Wildman–Crippen LogP) is 3.91. The normalized spacial score (nSPS) is 13.5. The van der Waals surface area contributed by atoms with Crippen LogP contribution in [0.5, 0.6) is 0 Å². The molecule has 0 radical (unpaired) electrons. The molecule has 2 aromatic rings. The van der Waals surface area contributed by atoms with Crippen molar-refractivity contribution in [2.45, 2.75) is 18.3 Å². The van der Waals surface area contributed by atoms with Crippen LogP contribution in [0.2, 0.25) is 0 Å². The maximum absolute atomic E-state index is 9.78. The van der Waals surface area contributed by atoms with Crippen molar-refractivity contribution < 1.29 is 0 Å². The average molecular weight is 271 g/mol. The number of alkyl halides is 1. The van der Waals surface area contributed by atoms with E-state index < -0.39 is 5.41 Å². The standard InChI is InChI=1S/C16H15ClN2/c17-11-6-10-16(13-18,14-7-2-1-3-8-14)15-9-4-5-12-19-15/h1-5,7-9,12H,6,10-11H2. The van der Waals surface area contributed by atoms with Crippen LogP contribution in [0.1, 0.15) is 24.1 Å². The van der Waals surface area contributed by atoms with Crippen molar-refractivity contribution >= 4 is 11.6 Å². The molecule has 0 N–H and O–H groups in total. The smallest absolute Gasteiger partial charge is 0.124 e. The van der Waals surface area contributed by atoms with Crippen LogP contribution in [0.15, 0.2) is 54.7 Å². The molecule has 0 spiro atoms. The third kappa shape index (κ3) is 2.77. The van der Waals surface area contributed by atoms with Gasteiger partial charge in [-0.25, -0.2) is 0 Å². The monoisotopic (exact) mass is 270 g/mol. The van der Waals surface area contributed by atoms with Gasteiger partial charge >= 0.3 is 0 Å². The van der Waals surface area contributed by atoms with E-state index in [1.165, 1.54) is 0 Å². The van der Waals surface area contributed by atoms with Gasteiger partial charge in [-0.15, -0.1) is 11.6 Å². The highest BCUT2D eigenvalue weighted by atomic mass is 35.5. The molecule has 0 saturated heterocycles. The van der Waals surface area contributed by atoms with Crippen molar-refractivity contribution in [1.82, 2.24) is 4.98 Å². The summed E-state index contributed by atoms with van der Waals surface area (Å²) >= 11 is 5.81. The summed E-state index contributed by atoms with van der Waals surface area (Å²) < 4.78 is 0. The van der Waals surface area contributed by atoms with Gasteiger partial charge in [0.25, 0.3) is 0 Å². The Hall–Kier alpha value is -1.85. The van der Waals surface area contributed by atoms with Gasteiger partial charge in [0.1, 0.15) is 5.41 Å². The Morgan fingerprint density at radius 3 is 2.42 bits per heavy atom. The number of benzene rings is 1. The van der Waals surface area contributed by atoms with Crippen molar-refractivity contribution in [3.8, 4) is 6.07 Å². The van der Waals surface area contributed by atoms with E-state index in [-0.39, 0.29) is 0 Å². The third-order valence-electron chi connectivity index (χ3n) is 3.25. The summed E-state index contributed by atoms with van der Waals surface area (Å²) in [7, 11) is 0. The Balaban J connectivity index is 2.53. The molecule has 1 heterocycles. The molecule has 0 aliphatic carbocycles. The predicted molar refractivity (Wildman–Crippen MR) is 77.0 cm³/mol. The largest absolute Gasteiger partial charge is 0.259 e. The molecule has 1 aromatic carbocycles. The number of pyridine rings is 1. The quantitative estimate of drug-likeness (QED) is 0.773. The van der Waals surface area contributed by atoms with Gasteiger partial charge in [-0.05, 0) is 30.5 Å². The Morgan fingerprint density at radius 2 is 1.84 bits per heavy atom. The first kappa shape index (κ1) is 13.6. The number of nitriles is 1. The van der Waals surface area contributed by atoms with Gasteiger partial charge in [0, 0.05) is 12.1 Å². The first-order valence-corrected chi connectivity index (χ1v) is 6.81. The van der Waals surface area contributed by atoms with Gasteiger partial charge in [0.2, 0.25) is 0 Å². The van der Waals surface area contributed by atoms with Crippen LogP contribution in [-0.4, -0.2) is 10.9 Å². The molecule has 0 aliphatic heterocycles. The lowest BCUT2D eigenvalue weighted by molar-refractivity contribution is 0.568. The summed E-state index contributed by atoms with van der Waals surface area (Å²) in [4.78, 5) is 4.39. The molecule has 2 nitrogen and oxygen atoms in total. The molecule has 0 fully saturated rings. The summed E-state index contributed by atoms with van der Waals surface area (Å²) in [5, 5.41) is 9.78. The summed E-state index contributed by atoms with van der Waals surface area (Å²) in [5.74, 6) is 0.545. The molecule has 19 heavy (non-hydrogen) atoms. The number of nitrogens with zero attached hydrogens (tertiary/aromatic N) is 2. The second kappa shape index (κ2) is 6.36. The highest BCUT2D eigenvalue weighted by molar-refractivity contribution is 6.17. The minimum atomic E-state index is -0.711. The zero-order valence-electron chi connectivity index (χ0n) is 10.6. The molecule has 0 bridgehead atoms. The fourth-order valence-electron chi connectivity index (χ4n) is 2.27. The molecule has 1 atom stereocenters. The average Bonchev–Trinajstić information content (AvgIpc) is 2.51. The van der Waals surface area contributed by atoms with Crippen molar-refractivity contribution in [2.24, 2.45) is 0 Å². The van der Waals surface area contributed by atoms with Crippen LogP contribution in [0.4, 0.5) is 0 Å². The van der Waals surface area contributed by atoms with Gasteiger partial charge in [-0.2, -0.15) is 5.26 Å². The SMILES string of the molecule is N#CC(CCCCl)(c1ccccc1)c1ccccn1. The Kier molecular flexibility index (Phi) is 4.54. The minimum Gasteiger partial charge on any atom is -0.259 e. The van der Waals surface area contributed by atoms with Crippen molar-refractivity contribution in [1.29, 1.82) is 5.26 Å². The lowest BCUT2D eigenvalue weighted by Crippen LogP contribution is -2.27. The number of halogens is 1. The molecule has 0 saturated carbocycles. The number of rotatable bonds is 5. The molecule has 1 aromatic heterocycles. The van der Waals surface area contributed by atoms with Gasteiger partial charge in [0.05, 0.1) is 11.8 Å². The van der Waals surface area contributed by atoms with E-state index in [9.17, 15) is 5.26 Å². The summed E-state index contributed by atoms with van der Waals surface area (Å²) in [6, 6.07) is 17.9. The van der Waals surface area contributed by atoms with Crippen LogP contribution in [0, 0.1) is 11.3 Å².